The van der Waals surface area contributed by atoms with E-state index in [9.17, 15) is 0 Å². The molecule has 8 nitrogen and oxygen atoms in total. The molecule has 3 aromatic rings. The summed E-state index contributed by atoms with van der Waals surface area (Å²) in [5.41, 5.74) is 3.01. The lowest BCUT2D eigenvalue weighted by Crippen LogP contribution is -2.68. The highest BCUT2D eigenvalue weighted by molar-refractivity contribution is 9.10. The molecular formula is C20H15Br2ClN4O4. The average molecular weight is 571 g/mol. The van der Waals surface area contributed by atoms with Crippen molar-refractivity contribution in [1.82, 2.24) is 0 Å². The summed E-state index contributed by atoms with van der Waals surface area (Å²) in [5, 5.41) is 11.5. The van der Waals surface area contributed by atoms with Crippen molar-refractivity contribution >= 4 is 49.1 Å². The predicted molar refractivity (Wildman–Crippen MR) is 111 cm³/mol. The normalized spacial score (nSPS) is 13.7. The molecule has 0 saturated carbocycles. The molecule has 0 spiro atoms. The van der Waals surface area contributed by atoms with Gasteiger partial charge in [-0.25, -0.2) is 23.6 Å². The predicted octanol–water partition coefficient (Wildman–Crippen LogP) is 1.39. The van der Waals surface area contributed by atoms with Crippen LogP contribution in [0.25, 0.3) is 0 Å². The van der Waals surface area contributed by atoms with Crippen molar-refractivity contribution in [3.63, 3.8) is 0 Å². The Morgan fingerprint density at radius 1 is 0.774 bits per heavy atom. The fraction of sp³-hybridized carbons (Fsp3) is 0.0500. The minimum absolute atomic E-state index is 0.541. The second-order valence-electron chi connectivity index (χ2n) is 6.16. The van der Waals surface area contributed by atoms with Gasteiger partial charge in [-0.2, -0.15) is 0 Å². The molecule has 3 aromatic carbocycles. The average Bonchev–Trinajstić information content (AvgIpc) is 2.74. The zero-order chi connectivity index (χ0) is 22.4. The minimum atomic E-state index is -4.94. The van der Waals surface area contributed by atoms with Crippen LogP contribution in [0.2, 0.25) is 0 Å². The highest BCUT2D eigenvalue weighted by atomic mass is 79.9. The third-order valence-corrected chi connectivity index (χ3v) is 5.04. The van der Waals surface area contributed by atoms with Crippen molar-refractivity contribution in [3.8, 4) is 0 Å². The summed E-state index contributed by atoms with van der Waals surface area (Å²) >= 11 is 6.97. The molecule has 0 amide bonds. The summed E-state index contributed by atoms with van der Waals surface area (Å²) in [6.07, 6.45) is 0. The zero-order valence-electron chi connectivity index (χ0n) is 15.8. The number of nitrogens with zero attached hydrogens (tertiary/aromatic N) is 4. The van der Waals surface area contributed by atoms with E-state index in [2.05, 4.69) is 31.9 Å². The number of amidine groups is 1. The molecule has 0 unspecified atom stereocenters. The molecule has 1 aliphatic rings. The Bertz CT molecular complexity index is 1070. The molecule has 0 aromatic heterocycles. The smallest absolute Gasteiger partial charge is 0.222 e. The molecule has 0 fully saturated rings. The van der Waals surface area contributed by atoms with Crippen LogP contribution in [0.15, 0.2) is 98.0 Å². The summed E-state index contributed by atoms with van der Waals surface area (Å²) < 4.78 is 38.0. The van der Waals surface area contributed by atoms with Gasteiger partial charge in [-0.1, -0.05) is 66.9 Å². The molecule has 0 saturated heterocycles. The summed E-state index contributed by atoms with van der Waals surface area (Å²) in [5.74, 6) is 0.683. The maximum atomic E-state index is 8.49. The van der Waals surface area contributed by atoms with Gasteiger partial charge in [0, 0.05) is 31.8 Å². The van der Waals surface area contributed by atoms with Crippen LogP contribution in [0, 0.1) is 10.2 Å². The highest BCUT2D eigenvalue weighted by Crippen LogP contribution is 2.25. The molecule has 31 heavy (non-hydrogen) atoms. The van der Waals surface area contributed by atoms with E-state index < -0.39 is 10.2 Å². The van der Waals surface area contributed by atoms with Crippen LogP contribution in [0.3, 0.4) is 0 Å². The number of rotatable bonds is 3. The Morgan fingerprint density at radius 2 is 1.29 bits per heavy atom. The summed E-state index contributed by atoms with van der Waals surface area (Å²) in [7, 11) is -4.94. The van der Waals surface area contributed by atoms with Gasteiger partial charge in [0.25, 0.3) is 6.67 Å². The Labute approximate surface area is 197 Å². The first kappa shape index (κ1) is 23.5. The number of azo groups is 2. The van der Waals surface area contributed by atoms with Crippen molar-refractivity contribution in [2.75, 3.05) is 11.7 Å². The largest absolute Gasteiger partial charge is 0.269 e. The SMILES string of the molecule is Brc1ccc(N2C[N+](c3ccc(Br)cc3)=NC(c3ccccc3)=N2)cc1.[O-][Cl+3]([O-])([O-])[O-]. The van der Waals surface area contributed by atoms with E-state index in [1.54, 1.807) is 0 Å². The van der Waals surface area contributed by atoms with E-state index in [0.717, 1.165) is 25.9 Å². The third-order valence-electron chi connectivity index (χ3n) is 3.98. The summed E-state index contributed by atoms with van der Waals surface area (Å²) in [6.45, 7) is 0.541. The fourth-order valence-electron chi connectivity index (χ4n) is 2.65. The molecule has 0 aliphatic carbocycles. The molecule has 0 bridgehead atoms. The van der Waals surface area contributed by atoms with Crippen LogP contribution in [-0.4, -0.2) is 17.2 Å². The Kier molecular flexibility index (Phi) is 7.89. The number of hydrogen-bond donors (Lipinski definition) is 0. The van der Waals surface area contributed by atoms with E-state index in [1.165, 1.54) is 0 Å². The van der Waals surface area contributed by atoms with Crippen molar-refractivity contribution in [2.45, 2.75) is 0 Å². The van der Waals surface area contributed by atoms with Crippen LogP contribution in [-0.2, 0) is 0 Å². The molecule has 0 radical (unpaired) electrons. The lowest BCUT2D eigenvalue weighted by atomic mass is 10.2. The number of hydrazone groups is 1. The van der Waals surface area contributed by atoms with Crippen LogP contribution in [0.5, 0.6) is 0 Å². The number of hydrogen-bond acceptors (Lipinski definition) is 7. The molecule has 11 heteroatoms. The maximum Gasteiger partial charge on any atom is 0.269 e. The first-order chi connectivity index (χ1) is 14.7. The summed E-state index contributed by atoms with van der Waals surface area (Å²) in [6, 6.07) is 26.3. The molecular weight excluding hydrogens is 556 g/mol. The van der Waals surface area contributed by atoms with Gasteiger partial charge in [-0.15, -0.1) is 15.3 Å². The van der Waals surface area contributed by atoms with Gasteiger partial charge >= 0.3 is 0 Å². The first-order valence-electron chi connectivity index (χ1n) is 8.73. The third kappa shape index (κ3) is 7.47. The second kappa shape index (κ2) is 10.4. The molecule has 0 atom stereocenters. The fourth-order valence-corrected chi connectivity index (χ4v) is 3.18. The van der Waals surface area contributed by atoms with E-state index in [-0.39, 0.29) is 0 Å². The second-order valence-corrected chi connectivity index (χ2v) is 8.75. The topological polar surface area (TPSA) is 123 Å². The molecule has 160 valence electrons. The van der Waals surface area contributed by atoms with Gasteiger partial charge in [-0.05, 0) is 36.4 Å². The Balaban J connectivity index is 0.000000491. The van der Waals surface area contributed by atoms with Crippen molar-refractivity contribution in [3.05, 3.63) is 93.4 Å². The standard InChI is InChI=1S/C20H15Br2N4.ClHO4/c21-16-6-10-18(11-7-16)25-14-26(19-12-8-17(22)9-13-19)24-20(23-25)15-4-2-1-3-5-15;2-1(3,4)5/h1-13H,14H2;(H,2,3,4,5)/q+1;/p-1. The maximum absolute atomic E-state index is 8.49. The first-order valence-corrected chi connectivity index (χ1v) is 11.5. The van der Waals surface area contributed by atoms with Crippen LogP contribution < -0.4 is 23.6 Å². The van der Waals surface area contributed by atoms with Gasteiger partial charge in [0.2, 0.25) is 11.5 Å². The Morgan fingerprint density at radius 3 is 1.84 bits per heavy atom. The lowest BCUT2D eigenvalue weighted by molar-refractivity contribution is -2.00. The Hall–Kier alpha value is -2.18. The number of anilines is 1. The quantitative estimate of drug-likeness (QED) is 0.441. The molecule has 4 rings (SSSR count). The van der Waals surface area contributed by atoms with Crippen molar-refractivity contribution < 1.29 is 33.6 Å². The van der Waals surface area contributed by atoms with Crippen LogP contribution in [0.4, 0.5) is 11.4 Å². The van der Waals surface area contributed by atoms with E-state index in [0.29, 0.717) is 12.5 Å². The van der Waals surface area contributed by atoms with Gasteiger partial charge in [0.1, 0.15) is 0 Å². The molecule has 1 heterocycles. The van der Waals surface area contributed by atoms with Crippen LogP contribution >= 0.6 is 31.9 Å². The zero-order valence-corrected chi connectivity index (χ0v) is 19.7. The summed E-state index contributed by atoms with van der Waals surface area (Å²) in [4.78, 5) is 0. The molecule has 0 N–H and O–H groups in total. The van der Waals surface area contributed by atoms with Crippen LogP contribution in [0.1, 0.15) is 5.56 Å². The van der Waals surface area contributed by atoms with Gasteiger partial charge in [-0.3, -0.25) is 0 Å². The van der Waals surface area contributed by atoms with E-state index in [4.69, 9.17) is 28.9 Å². The monoisotopic (exact) mass is 568 g/mol. The van der Waals surface area contributed by atoms with Crippen molar-refractivity contribution in [1.29, 1.82) is 0 Å². The van der Waals surface area contributed by atoms with E-state index in [1.807, 2.05) is 88.6 Å². The lowest BCUT2D eigenvalue weighted by Gasteiger charge is -2.20. The van der Waals surface area contributed by atoms with Gasteiger partial charge in [0.05, 0.1) is 5.69 Å². The molecule has 1 aliphatic heterocycles. The number of benzene rings is 3. The minimum Gasteiger partial charge on any atom is -0.222 e. The van der Waals surface area contributed by atoms with E-state index >= 15 is 0 Å². The highest BCUT2D eigenvalue weighted by Gasteiger charge is 2.25. The van der Waals surface area contributed by atoms with Crippen molar-refractivity contribution in [2.24, 2.45) is 10.2 Å². The number of halogens is 3. The van der Waals surface area contributed by atoms with Gasteiger partial charge in [0.15, 0.2) is 0 Å². The van der Waals surface area contributed by atoms with Gasteiger partial charge < -0.3 is 0 Å².